The average molecular weight is 315 g/mol. The third kappa shape index (κ3) is 4.42. The zero-order valence-electron chi connectivity index (χ0n) is 12.0. The fourth-order valence-electron chi connectivity index (χ4n) is 1.99. The number of anilines is 1. The van der Waals surface area contributed by atoms with Crippen LogP contribution in [0.1, 0.15) is 15.9 Å². The van der Waals surface area contributed by atoms with Crippen LogP contribution < -0.4 is 10.6 Å². The molecule has 0 saturated carbocycles. The molecule has 1 aromatic carbocycles. The molecule has 1 atom stereocenters. The maximum Gasteiger partial charge on any atom is 0.338 e. The van der Waals surface area contributed by atoms with E-state index in [9.17, 15) is 9.59 Å². The highest BCUT2D eigenvalue weighted by Crippen LogP contribution is 2.17. The van der Waals surface area contributed by atoms with Gasteiger partial charge in [-0.05, 0) is 24.6 Å². The number of methoxy groups -OCH3 is 1. The Labute approximate surface area is 129 Å². The number of halogens is 1. The minimum absolute atomic E-state index is 0. The van der Waals surface area contributed by atoms with Crippen LogP contribution in [0.4, 0.5) is 5.69 Å². The Morgan fingerprint density at radius 1 is 1.43 bits per heavy atom. The Bertz CT molecular complexity index is 516. The van der Waals surface area contributed by atoms with Crippen molar-refractivity contribution in [2.24, 2.45) is 0 Å². The van der Waals surface area contributed by atoms with Gasteiger partial charge in [0.25, 0.3) is 5.91 Å². The number of esters is 1. The number of ether oxygens (including phenoxy) is 2. The Balaban J connectivity index is 0.00000220. The lowest BCUT2D eigenvalue weighted by Gasteiger charge is -2.22. The predicted molar refractivity (Wildman–Crippen MR) is 81.0 cm³/mol. The van der Waals surface area contributed by atoms with E-state index in [0.29, 0.717) is 24.4 Å². The molecule has 0 bridgehead atoms. The summed E-state index contributed by atoms with van der Waals surface area (Å²) in [5, 5.41) is 5.84. The number of hydrogen-bond donors (Lipinski definition) is 2. The van der Waals surface area contributed by atoms with Gasteiger partial charge < -0.3 is 20.1 Å². The van der Waals surface area contributed by atoms with Gasteiger partial charge in [0.1, 0.15) is 6.10 Å². The second-order valence-electron chi connectivity index (χ2n) is 4.57. The monoisotopic (exact) mass is 314 g/mol. The number of nitrogens with one attached hydrogen (secondary N) is 2. The van der Waals surface area contributed by atoms with Gasteiger partial charge in [-0.3, -0.25) is 4.79 Å². The van der Waals surface area contributed by atoms with E-state index in [1.165, 1.54) is 7.11 Å². The minimum Gasteiger partial charge on any atom is -0.465 e. The second kappa shape index (κ2) is 7.97. The summed E-state index contributed by atoms with van der Waals surface area (Å²) >= 11 is 0. The van der Waals surface area contributed by atoms with E-state index >= 15 is 0 Å². The Morgan fingerprint density at radius 3 is 2.81 bits per heavy atom. The molecule has 0 aromatic heterocycles. The van der Waals surface area contributed by atoms with E-state index in [2.05, 4.69) is 10.6 Å². The van der Waals surface area contributed by atoms with E-state index in [1.54, 1.807) is 18.2 Å². The Morgan fingerprint density at radius 2 is 2.19 bits per heavy atom. The fraction of sp³-hybridized carbons (Fsp3) is 0.429. The van der Waals surface area contributed by atoms with Gasteiger partial charge >= 0.3 is 5.97 Å². The Hall–Kier alpha value is -1.63. The van der Waals surface area contributed by atoms with Gasteiger partial charge in [-0.2, -0.15) is 0 Å². The second-order valence-corrected chi connectivity index (χ2v) is 4.57. The van der Waals surface area contributed by atoms with Gasteiger partial charge in [0, 0.05) is 18.8 Å². The molecule has 2 N–H and O–H groups in total. The van der Waals surface area contributed by atoms with Crippen molar-refractivity contribution in [3.05, 3.63) is 29.3 Å². The van der Waals surface area contributed by atoms with E-state index in [-0.39, 0.29) is 18.3 Å². The van der Waals surface area contributed by atoms with Gasteiger partial charge in [-0.15, -0.1) is 12.4 Å². The molecule has 1 amide bonds. The lowest BCUT2D eigenvalue weighted by Crippen LogP contribution is -2.45. The van der Waals surface area contributed by atoms with Crippen molar-refractivity contribution >= 4 is 30.0 Å². The van der Waals surface area contributed by atoms with Crippen LogP contribution in [-0.2, 0) is 14.3 Å². The topological polar surface area (TPSA) is 76.7 Å². The molecule has 1 unspecified atom stereocenters. The quantitative estimate of drug-likeness (QED) is 0.818. The maximum atomic E-state index is 12.0. The molecule has 116 valence electrons. The van der Waals surface area contributed by atoms with Crippen molar-refractivity contribution in [1.29, 1.82) is 0 Å². The SMILES string of the molecule is COC(=O)c1cc(NC(=O)C2CNCCO2)ccc1C.Cl. The molecule has 2 rings (SSSR count). The number of benzene rings is 1. The highest BCUT2D eigenvalue weighted by Gasteiger charge is 2.22. The molecule has 0 aliphatic carbocycles. The third-order valence-electron chi connectivity index (χ3n) is 3.13. The number of amides is 1. The van der Waals surface area contributed by atoms with E-state index in [1.807, 2.05) is 6.92 Å². The lowest BCUT2D eigenvalue weighted by molar-refractivity contribution is -0.128. The molecule has 1 fully saturated rings. The first kappa shape index (κ1) is 17.4. The summed E-state index contributed by atoms with van der Waals surface area (Å²) in [7, 11) is 1.33. The highest BCUT2D eigenvalue weighted by molar-refractivity contribution is 5.97. The summed E-state index contributed by atoms with van der Waals surface area (Å²) in [6.45, 7) is 3.56. The average Bonchev–Trinajstić information content (AvgIpc) is 2.49. The van der Waals surface area contributed by atoms with Crippen LogP contribution in [-0.4, -0.2) is 44.8 Å². The number of carbonyl (C=O) groups is 2. The molecule has 1 aromatic rings. The van der Waals surface area contributed by atoms with Crippen LogP contribution in [0.5, 0.6) is 0 Å². The molecular weight excluding hydrogens is 296 g/mol. The zero-order valence-corrected chi connectivity index (χ0v) is 12.8. The van der Waals surface area contributed by atoms with Crippen LogP contribution >= 0.6 is 12.4 Å². The van der Waals surface area contributed by atoms with Crippen LogP contribution in [0.2, 0.25) is 0 Å². The summed E-state index contributed by atoms with van der Waals surface area (Å²) in [6.07, 6.45) is -0.508. The van der Waals surface area contributed by atoms with Gasteiger partial charge in [0.05, 0.1) is 19.3 Å². The number of rotatable bonds is 3. The van der Waals surface area contributed by atoms with E-state index in [4.69, 9.17) is 9.47 Å². The van der Waals surface area contributed by atoms with Gasteiger partial charge in [-0.25, -0.2) is 4.79 Å². The largest absolute Gasteiger partial charge is 0.465 e. The molecule has 6 nitrogen and oxygen atoms in total. The molecule has 7 heteroatoms. The third-order valence-corrected chi connectivity index (χ3v) is 3.13. The normalized spacial score (nSPS) is 17.5. The number of carbonyl (C=O) groups excluding carboxylic acids is 2. The highest BCUT2D eigenvalue weighted by atomic mass is 35.5. The summed E-state index contributed by atoms with van der Waals surface area (Å²) in [5.41, 5.74) is 1.79. The molecule has 21 heavy (non-hydrogen) atoms. The molecular formula is C14H19ClN2O4. The molecule has 1 heterocycles. The van der Waals surface area contributed by atoms with Crippen LogP contribution in [0.15, 0.2) is 18.2 Å². The summed E-state index contributed by atoms with van der Waals surface area (Å²) in [4.78, 5) is 23.6. The van der Waals surface area contributed by atoms with Crippen LogP contribution in [0, 0.1) is 6.92 Å². The first-order chi connectivity index (χ1) is 9.61. The van der Waals surface area contributed by atoms with Crippen molar-refractivity contribution < 1.29 is 19.1 Å². The zero-order chi connectivity index (χ0) is 14.5. The first-order valence-electron chi connectivity index (χ1n) is 6.44. The molecule has 0 radical (unpaired) electrons. The van der Waals surface area contributed by atoms with E-state index in [0.717, 1.165) is 12.1 Å². The fourth-order valence-corrected chi connectivity index (χ4v) is 1.99. The summed E-state index contributed by atoms with van der Waals surface area (Å²) < 4.78 is 10.1. The number of hydrogen-bond acceptors (Lipinski definition) is 5. The van der Waals surface area contributed by atoms with Crippen molar-refractivity contribution in [3.8, 4) is 0 Å². The summed E-state index contributed by atoms with van der Waals surface area (Å²) in [5.74, 6) is -0.647. The molecule has 1 aliphatic rings. The van der Waals surface area contributed by atoms with Crippen LogP contribution in [0.25, 0.3) is 0 Å². The van der Waals surface area contributed by atoms with Crippen molar-refractivity contribution in [3.63, 3.8) is 0 Å². The minimum atomic E-state index is -0.508. The lowest BCUT2D eigenvalue weighted by atomic mass is 10.1. The first-order valence-corrected chi connectivity index (χ1v) is 6.44. The van der Waals surface area contributed by atoms with Crippen LogP contribution in [0.3, 0.4) is 0 Å². The van der Waals surface area contributed by atoms with Gasteiger partial charge in [0.2, 0.25) is 0 Å². The predicted octanol–water partition coefficient (Wildman–Crippen LogP) is 1.13. The van der Waals surface area contributed by atoms with Crippen molar-refractivity contribution in [1.82, 2.24) is 5.32 Å². The van der Waals surface area contributed by atoms with Crippen molar-refractivity contribution in [2.45, 2.75) is 13.0 Å². The molecule has 1 saturated heterocycles. The number of aryl methyl sites for hydroxylation is 1. The van der Waals surface area contributed by atoms with Crippen molar-refractivity contribution in [2.75, 3.05) is 32.1 Å². The Kier molecular flexibility index (Phi) is 6.61. The maximum absolute atomic E-state index is 12.0. The molecule has 1 aliphatic heterocycles. The summed E-state index contributed by atoms with van der Waals surface area (Å²) in [6, 6.07) is 5.12. The van der Waals surface area contributed by atoms with E-state index < -0.39 is 12.1 Å². The standard InChI is InChI=1S/C14H18N2O4.ClH/c1-9-3-4-10(7-11(9)14(18)19-2)16-13(17)12-8-15-5-6-20-12;/h3-4,7,12,15H,5-6,8H2,1-2H3,(H,16,17);1H. The molecule has 0 spiro atoms. The smallest absolute Gasteiger partial charge is 0.338 e. The number of morpholine rings is 1. The van der Waals surface area contributed by atoms with Gasteiger partial charge in [0.15, 0.2) is 0 Å². The van der Waals surface area contributed by atoms with Gasteiger partial charge in [-0.1, -0.05) is 6.07 Å².